The van der Waals surface area contributed by atoms with Crippen molar-refractivity contribution in [1.82, 2.24) is 0 Å². The Morgan fingerprint density at radius 1 is 0.423 bits per heavy atom. The molecule has 3 aliphatic rings. The van der Waals surface area contributed by atoms with E-state index in [-0.39, 0.29) is 12.8 Å². The van der Waals surface area contributed by atoms with Crippen LogP contribution in [0.3, 0.4) is 0 Å². The van der Waals surface area contributed by atoms with Crippen molar-refractivity contribution in [3.8, 4) is 0 Å². The van der Waals surface area contributed by atoms with Gasteiger partial charge in [0.1, 0.15) is 98.7 Å². The highest BCUT2D eigenvalue weighted by Gasteiger charge is 2.58. The quantitative estimate of drug-likeness (QED) is 0.00513. The third kappa shape index (κ3) is 37.1. The number of hydrogen-bond acceptors (Lipinski definition) is 23. The van der Waals surface area contributed by atoms with Crippen molar-refractivity contribution in [3.05, 3.63) is 48.6 Å². The average Bonchev–Trinajstić information content (AvgIpc) is 0.764. The minimum atomic E-state index is -5.71. The third-order valence-corrected chi connectivity index (χ3v) is 18.9. The molecule has 0 aromatic heterocycles. The molecule has 24 nitrogen and oxygen atoms in total. The van der Waals surface area contributed by atoms with Gasteiger partial charge in [-0.15, -0.1) is 0 Å². The standard InChI is InChI=1S/C72H127O24P/c1-4-7-10-13-16-19-22-25-27-30-32-35-38-41-44-47-57(75)89-52-55-60(78)62(80)67(85)72(93-55)95-69-65(83)63(81)64(82)68(94-71-66(84)61(79)59(77)54(49-73)92-71)70(69)96-97(86,87)90-51-53(91-58(76)48-45-42-39-36-33-28-24-21-18-15-12-9-6-3)50-88-56(74)46-43-40-37-34-31-29-26-23-20-17-14-11-8-5-2/h28-29,31,33,38,41,44,47,53-55,59-73,77-85H,4-27,30,32,34-37,39-40,42-43,45-46,48-52H2,1-3H3,(H,86,87)/b31-29-,33-28-,41-38+,47-44+. The van der Waals surface area contributed by atoms with Crippen LogP contribution >= 0.6 is 7.82 Å². The molecule has 2 heterocycles. The van der Waals surface area contributed by atoms with E-state index in [9.17, 15) is 74.9 Å². The summed E-state index contributed by atoms with van der Waals surface area (Å²) < 4.78 is 64.7. The highest BCUT2D eigenvalue weighted by Crippen LogP contribution is 2.49. The number of aliphatic hydroxyl groups excluding tert-OH is 10. The molecule has 2 saturated heterocycles. The minimum absolute atomic E-state index is 0.0176. The molecule has 25 heteroatoms. The fourth-order valence-electron chi connectivity index (χ4n) is 11.8. The minimum Gasteiger partial charge on any atom is -0.462 e. The van der Waals surface area contributed by atoms with Crippen molar-refractivity contribution in [1.29, 1.82) is 0 Å². The van der Waals surface area contributed by atoms with Gasteiger partial charge in [0, 0.05) is 18.9 Å². The second kappa shape index (κ2) is 53.7. The third-order valence-electron chi connectivity index (χ3n) is 17.9. The molecule has 1 aliphatic carbocycles. The monoisotopic (exact) mass is 1410 g/mol. The van der Waals surface area contributed by atoms with Gasteiger partial charge in [-0.2, -0.15) is 0 Å². The Labute approximate surface area is 578 Å². The topological polar surface area (TPSA) is 374 Å². The highest BCUT2D eigenvalue weighted by molar-refractivity contribution is 7.47. The number of carbonyl (C=O) groups is 3. The molecule has 0 spiro atoms. The van der Waals surface area contributed by atoms with Crippen molar-refractivity contribution >= 4 is 25.7 Å². The molecule has 3 fully saturated rings. The summed E-state index contributed by atoms with van der Waals surface area (Å²) in [4.78, 5) is 50.8. The molecular formula is C72H127O24P. The molecule has 3 rings (SSSR count). The van der Waals surface area contributed by atoms with Crippen molar-refractivity contribution in [2.24, 2.45) is 0 Å². The van der Waals surface area contributed by atoms with Gasteiger partial charge in [0.25, 0.3) is 0 Å². The number of phosphoric acid groups is 1. The maximum absolute atomic E-state index is 14.3. The summed E-state index contributed by atoms with van der Waals surface area (Å²) >= 11 is 0. The normalized spacial score (nSPS) is 28.1. The fraction of sp³-hybridized carbons (Fsp3) is 0.847. The second-order valence-electron chi connectivity index (χ2n) is 26.4. The molecule has 1 saturated carbocycles. The van der Waals surface area contributed by atoms with Crippen LogP contribution in [0.25, 0.3) is 0 Å². The Bertz CT molecular complexity index is 2200. The molecule has 97 heavy (non-hydrogen) atoms. The number of aliphatic hydroxyl groups is 10. The van der Waals surface area contributed by atoms with Gasteiger partial charge in [-0.25, -0.2) is 9.36 Å². The lowest BCUT2D eigenvalue weighted by Gasteiger charge is -2.49. The number of unbranched alkanes of at least 4 members (excludes halogenated alkanes) is 30. The van der Waals surface area contributed by atoms with Gasteiger partial charge < -0.3 is 89.1 Å². The van der Waals surface area contributed by atoms with Crippen molar-refractivity contribution < 1.29 is 117 Å². The van der Waals surface area contributed by atoms with Gasteiger partial charge in [0.05, 0.1) is 13.2 Å². The maximum atomic E-state index is 14.3. The van der Waals surface area contributed by atoms with Crippen LogP contribution in [0.15, 0.2) is 48.6 Å². The van der Waals surface area contributed by atoms with Gasteiger partial charge >= 0.3 is 25.7 Å². The Balaban J connectivity index is 1.77. The predicted molar refractivity (Wildman–Crippen MR) is 365 cm³/mol. The van der Waals surface area contributed by atoms with E-state index in [0.717, 1.165) is 89.5 Å². The van der Waals surface area contributed by atoms with Gasteiger partial charge in [-0.05, 0) is 77.0 Å². The molecule has 0 bridgehead atoms. The van der Waals surface area contributed by atoms with Crippen LogP contribution in [0.5, 0.6) is 0 Å². The number of phosphoric ester groups is 1. The summed E-state index contributed by atoms with van der Waals surface area (Å²) in [5.74, 6) is -2.27. The Kier molecular flexibility index (Phi) is 48.8. The Morgan fingerprint density at radius 3 is 1.25 bits per heavy atom. The molecule has 18 atom stereocenters. The van der Waals surface area contributed by atoms with Gasteiger partial charge in [-0.1, -0.05) is 211 Å². The van der Waals surface area contributed by atoms with Crippen LogP contribution in [0.4, 0.5) is 0 Å². The predicted octanol–water partition coefficient (Wildman–Crippen LogP) is 9.68. The smallest absolute Gasteiger partial charge is 0.462 e. The zero-order valence-corrected chi connectivity index (χ0v) is 59.5. The first-order valence-electron chi connectivity index (χ1n) is 37.0. The van der Waals surface area contributed by atoms with E-state index < -0.39 is 156 Å². The van der Waals surface area contributed by atoms with Crippen LogP contribution in [0.2, 0.25) is 0 Å². The van der Waals surface area contributed by atoms with E-state index in [2.05, 4.69) is 45.1 Å². The summed E-state index contributed by atoms with van der Waals surface area (Å²) in [5.41, 5.74) is 0. The zero-order chi connectivity index (χ0) is 71.1. The first-order chi connectivity index (χ1) is 46.8. The summed E-state index contributed by atoms with van der Waals surface area (Å²) in [6.07, 6.45) is 16.8. The van der Waals surface area contributed by atoms with E-state index in [1.165, 1.54) is 128 Å². The number of carbonyl (C=O) groups excluding carboxylic acids is 3. The highest BCUT2D eigenvalue weighted by atomic mass is 31.2. The molecule has 11 N–H and O–H groups in total. The van der Waals surface area contributed by atoms with Crippen LogP contribution in [-0.4, -0.2) is 204 Å². The van der Waals surface area contributed by atoms with Crippen molar-refractivity contribution in [2.75, 3.05) is 26.4 Å². The van der Waals surface area contributed by atoms with E-state index >= 15 is 0 Å². The van der Waals surface area contributed by atoms with Crippen molar-refractivity contribution in [2.45, 2.75) is 362 Å². The molecule has 0 radical (unpaired) electrons. The van der Waals surface area contributed by atoms with Crippen LogP contribution in [0.1, 0.15) is 258 Å². The number of rotatable bonds is 56. The molecule has 564 valence electrons. The van der Waals surface area contributed by atoms with E-state index in [0.29, 0.717) is 19.3 Å². The molecular weight excluding hydrogens is 1280 g/mol. The number of hydrogen-bond donors (Lipinski definition) is 11. The molecule has 0 aromatic carbocycles. The van der Waals surface area contributed by atoms with Crippen LogP contribution < -0.4 is 0 Å². The van der Waals surface area contributed by atoms with Gasteiger partial charge in [0.15, 0.2) is 18.7 Å². The van der Waals surface area contributed by atoms with E-state index in [1.807, 2.05) is 6.08 Å². The van der Waals surface area contributed by atoms with E-state index in [1.54, 1.807) is 6.08 Å². The van der Waals surface area contributed by atoms with Crippen molar-refractivity contribution in [3.63, 3.8) is 0 Å². The average molecular weight is 1410 g/mol. The first kappa shape index (κ1) is 88.1. The molecule has 0 amide bonds. The maximum Gasteiger partial charge on any atom is 0.472 e. The zero-order valence-electron chi connectivity index (χ0n) is 58.6. The lowest BCUT2D eigenvalue weighted by Crippen LogP contribution is -2.69. The lowest BCUT2D eigenvalue weighted by atomic mass is 9.84. The van der Waals surface area contributed by atoms with Crippen LogP contribution in [0, 0.1) is 0 Å². The first-order valence-corrected chi connectivity index (χ1v) is 38.5. The number of esters is 3. The Hall–Kier alpha value is -3.08. The van der Waals surface area contributed by atoms with Crippen LogP contribution in [-0.2, 0) is 61.2 Å². The largest absolute Gasteiger partial charge is 0.472 e. The van der Waals surface area contributed by atoms with E-state index in [4.69, 9.17) is 42.2 Å². The Morgan fingerprint density at radius 2 is 0.804 bits per heavy atom. The summed E-state index contributed by atoms with van der Waals surface area (Å²) in [5, 5.41) is 110. The van der Waals surface area contributed by atoms with Gasteiger partial charge in [0.2, 0.25) is 0 Å². The SMILES string of the molecule is CCCCCCCC/C=C\CCCCCC(=O)OC(COC(=O)CCCCC/C=C\CCCCCCCCC)COP(=O)(O)OC1C(OC2OC(CO)C(O)C(O)C2O)C(O)C(O)C(O)C1OC1OC(COC(=O)/C=C/C=C/CCCCCCCCCCCCC)C(O)C(O)C1O. The molecule has 18 unspecified atom stereocenters. The van der Waals surface area contributed by atoms with Gasteiger partial charge in [-0.3, -0.25) is 18.6 Å². The fourth-order valence-corrected chi connectivity index (χ4v) is 12.8. The lowest BCUT2D eigenvalue weighted by molar-refractivity contribution is -0.360. The molecule has 0 aromatic rings. The summed E-state index contributed by atoms with van der Waals surface area (Å²) in [7, 11) is -5.71. The molecule has 2 aliphatic heterocycles. The summed E-state index contributed by atoms with van der Waals surface area (Å²) in [6.45, 7) is 3.29. The second-order valence-corrected chi connectivity index (χ2v) is 27.8. The number of allylic oxidation sites excluding steroid dienone is 7. The summed E-state index contributed by atoms with van der Waals surface area (Å²) in [6, 6.07) is 0. The number of ether oxygens (including phenoxy) is 7.